The van der Waals surface area contributed by atoms with Gasteiger partial charge in [0.2, 0.25) is 5.91 Å². The van der Waals surface area contributed by atoms with Crippen LogP contribution in [0.25, 0.3) is 11.3 Å². The summed E-state index contributed by atoms with van der Waals surface area (Å²) >= 11 is 13.9. The van der Waals surface area contributed by atoms with Crippen LogP contribution >= 0.6 is 34.5 Å². The number of amides is 2. The van der Waals surface area contributed by atoms with Gasteiger partial charge < -0.3 is 34.6 Å². The van der Waals surface area contributed by atoms with Crippen molar-refractivity contribution in [3.63, 3.8) is 0 Å². The number of aliphatic carboxylic acids is 1. The van der Waals surface area contributed by atoms with Crippen LogP contribution in [0.5, 0.6) is 11.5 Å². The summed E-state index contributed by atoms with van der Waals surface area (Å²) in [5, 5.41) is 23.5. The number of fused-ring (bicyclic) bond motifs is 1. The number of carbonyl (C=O) groups excluding carboxylic acids is 2. The van der Waals surface area contributed by atoms with E-state index < -0.39 is 35.4 Å². The molecule has 0 saturated heterocycles. The number of aliphatic hydroxyl groups excluding tert-OH is 1. The van der Waals surface area contributed by atoms with Crippen molar-refractivity contribution in [3.8, 4) is 22.8 Å². The highest BCUT2D eigenvalue weighted by Gasteiger charge is 2.41. The molecule has 11 nitrogen and oxygen atoms in total. The first kappa shape index (κ1) is 38.0. The van der Waals surface area contributed by atoms with E-state index in [1.54, 1.807) is 60.7 Å². The lowest BCUT2D eigenvalue weighted by Gasteiger charge is -2.32. The molecule has 0 radical (unpaired) electrons. The second kappa shape index (κ2) is 16.4. The topological polar surface area (TPSA) is 148 Å². The molecule has 1 aliphatic heterocycles. The Hall–Kier alpha value is -4.20. The van der Waals surface area contributed by atoms with Gasteiger partial charge in [0.15, 0.2) is 16.6 Å². The number of aliphatic hydroxyl groups is 1. The molecule has 2 amide bonds. The van der Waals surface area contributed by atoms with Gasteiger partial charge in [0.05, 0.1) is 26.3 Å². The summed E-state index contributed by atoms with van der Waals surface area (Å²) < 4.78 is 17.9. The van der Waals surface area contributed by atoms with E-state index in [1.165, 1.54) is 30.5 Å². The molecule has 14 heteroatoms. The molecule has 4 aromatic rings. The number of hydrogen-bond acceptors (Lipinski definition) is 9. The Labute approximate surface area is 310 Å². The molecule has 0 fully saturated rings. The summed E-state index contributed by atoms with van der Waals surface area (Å²) in [6, 6.07) is 17.5. The second-order valence-corrected chi connectivity index (χ2v) is 14.8. The van der Waals surface area contributed by atoms with Crippen molar-refractivity contribution in [1.82, 2.24) is 4.98 Å². The largest absolute Gasteiger partial charge is 0.493 e. The van der Waals surface area contributed by atoms with Crippen LogP contribution in [0.4, 0.5) is 10.8 Å². The van der Waals surface area contributed by atoms with E-state index in [1.807, 2.05) is 13.8 Å². The maximum atomic E-state index is 14.5. The van der Waals surface area contributed by atoms with Crippen molar-refractivity contribution < 1.29 is 38.8 Å². The number of ether oxygens (including phenoxy) is 3. The first-order chi connectivity index (χ1) is 24.3. The Morgan fingerprint density at radius 1 is 1.04 bits per heavy atom. The molecule has 0 bridgehead atoms. The molecule has 2 heterocycles. The number of rotatable bonds is 14. The van der Waals surface area contributed by atoms with Gasteiger partial charge in [-0.3, -0.25) is 14.4 Å². The Bertz CT molecular complexity index is 1900. The van der Waals surface area contributed by atoms with Crippen LogP contribution < -0.4 is 19.7 Å². The predicted molar refractivity (Wildman–Crippen MR) is 197 cm³/mol. The number of methoxy groups -OCH3 is 2. The van der Waals surface area contributed by atoms with E-state index in [-0.39, 0.29) is 31.1 Å². The fourth-order valence-corrected chi connectivity index (χ4v) is 7.20. The average Bonchev–Trinajstić information content (AvgIpc) is 3.46. The number of halogens is 2. The fraction of sp³-hybridized carbons (Fsp3) is 0.351. The Morgan fingerprint density at radius 3 is 2.43 bits per heavy atom. The van der Waals surface area contributed by atoms with Crippen LogP contribution in [0, 0.1) is 5.41 Å². The number of carboxylic acid groups (broad SMARTS) is 1. The van der Waals surface area contributed by atoms with Gasteiger partial charge in [-0.1, -0.05) is 61.3 Å². The van der Waals surface area contributed by atoms with Gasteiger partial charge in [0, 0.05) is 62.3 Å². The number of carboxylic acids is 1. The molecular formula is C37H39Cl2N3O8S. The van der Waals surface area contributed by atoms with Gasteiger partial charge >= 0.3 is 5.97 Å². The number of nitrogens with zero attached hydrogens (tertiary/aromatic N) is 2. The second-order valence-electron chi connectivity index (χ2n) is 12.8. The first-order valence-electron chi connectivity index (χ1n) is 16.2. The maximum Gasteiger partial charge on any atom is 0.303 e. The zero-order valence-electron chi connectivity index (χ0n) is 28.6. The Kier molecular flexibility index (Phi) is 12.3. The standard InChI is InChI=1S/C37H39Cl2N3O8S/c1-37(2,20-43)19-42-26-16-15-23(39)17-25(26)33(24-7-5-8-27(48-3)34(24)49-4)50-28(35(42)47)18-30(44)40-36-41-32(21-11-13-22(38)14-12-21)29(51-36)9-6-10-31(45)46/h5,7-8,11-17,28,33,43H,6,9-10,18-20H2,1-4H3,(H,45,46)(H,40,41,44)/t28-,33-/m1/s1. The number of aromatic nitrogens is 1. The third-order valence-corrected chi connectivity index (χ3v) is 9.88. The molecule has 1 aliphatic rings. The van der Waals surface area contributed by atoms with Crippen molar-refractivity contribution >= 4 is 63.1 Å². The van der Waals surface area contributed by atoms with E-state index in [0.717, 1.165) is 10.4 Å². The molecule has 270 valence electrons. The Morgan fingerprint density at radius 2 is 1.76 bits per heavy atom. The summed E-state index contributed by atoms with van der Waals surface area (Å²) in [6.45, 7) is 3.59. The normalized spacial score (nSPS) is 16.0. The molecule has 2 atom stereocenters. The van der Waals surface area contributed by atoms with Crippen LogP contribution in [0.2, 0.25) is 10.0 Å². The third-order valence-electron chi connectivity index (χ3n) is 8.36. The van der Waals surface area contributed by atoms with Gasteiger partial charge in [-0.15, -0.1) is 11.3 Å². The van der Waals surface area contributed by atoms with Crippen LogP contribution in [0.3, 0.4) is 0 Å². The maximum absolute atomic E-state index is 14.5. The average molecular weight is 757 g/mol. The molecule has 0 saturated carbocycles. The van der Waals surface area contributed by atoms with Crippen LogP contribution in [-0.4, -0.2) is 66.5 Å². The van der Waals surface area contributed by atoms with Crippen molar-refractivity contribution in [1.29, 1.82) is 0 Å². The smallest absolute Gasteiger partial charge is 0.303 e. The van der Waals surface area contributed by atoms with E-state index in [4.69, 9.17) is 37.4 Å². The van der Waals surface area contributed by atoms with Crippen LogP contribution in [-0.2, 0) is 25.5 Å². The lowest BCUT2D eigenvalue weighted by molar-refractivity contribution is -0.137. The number of nitrogens with one attached hydrogen (secondary N) is 1. The van der Waals surface area contributed by atoms with Gasteiger partial charge in [-0.25, -0.2) is 4.98 Å². The van der Waals surface area contributed by atoms with E-state index in [9.17, 15) is 24.6 Å². The van der Waals surface area contributed by atoms with Crippen LogP contribution in [0.15, 0.2) is 60.7 Å². The van der Waals surface area contributed by atoms with Crippen molar-refractivity contribution in [3.05, 3.63) is 86.7 Å². The summed E-state index contributed by atoms with van der Waals surface area (Å²) in [5.74, 6) is -1.06. The van der Waals surface area contributed by atoms with E-state index in [0.29, 0.717) is 56.9 Å². The third kappa shape index (κ3) is 9.00. The molecular weight excluding hydrogens is 717 g/mol. The first-order valence-corrected chi connectivity index (χ1v) is 17.8. The molecule has 3 aromatic carbocycles. The summed E-state index contributed by atoms with van der Waals surface area (Å²) in [4.78, 5) is 46.5. The number of para-hydroxylation sites is 1. The lowest BCUT2D eigenvalue weighted by Crippen LogP contribution is -2.46. The number of carbonyl (C=O) groups is 3. The predicted octanol–water partition coefficient (Wildman–Crippen LogP) is 7.41. The quantitative estimate of drug-likeness (QED) is 0.120. The summed E-state index contributed by atoms with van der Waals surface area (Å²) in [7, 11) is 3.02. The molecule has 5 rings (SSSR count). The van der Waals surface area contributed by atoms with Crippen molar-refractivity contribution in [2.45, 2.75) is 51.7 Å². The molecule has 1 aromatic heterocycles. The highest BCUT2D eigenvalue weighted by Crippen LogP contribution is 2.46. The minimum atomic E-state index is -1.28. The highest BCUT2D eigenvalue weighted by molar-refractivity contribution is 7.16. The fourth-order valence-electron chi connectivity index (χ4n) is 5.85. The zero-order chi connectivity index (χ0) is 36.9. The summed E-state index contributed by atoms with van der Waals surface area (Å²) in [6.07, 6.45) is -1.76. The van der Waals surface area contributed by atoms with E-state index in [2.05, 4.69) is 10.3 Å². The van der Waals surface area contributed by atoms with Crippen LogP contribution in [0.1, 0.15) is 55.2 Å². The molecule has 0 aliphatic carbocycles. The molecule has 3 N–H and O–H groups in total. The van der Waals surface area contributed by atoms with Crippen molar-refractivity contribution in [2.75, 3.05) is 37.6 Å². The minimum Gasteiger partial charge on any atom is -0.493 e. The van der Waals surface area contributed by atoms with Gasteiger partial charge in [-0.05, 0) is 49.2 Å². The minimum absolute atomic E-state index is 0.0167. The molecule has 0 unspecified atom stereocenters. The Balaban J connectivity index is 1.52. The number of benzene rings is 3. The molecule has 51 heavy (non-hydrogen) atoms. The zero-order valence-corrected chi connectivity index (χ0v) is 30.9. The summed E-state index contributed by atoms with van der Waals surface area (Å²) in [5.41, 5.74) is 2.30. The number of anilines is 2. The SMILES string of the molecule is COc1cccc([C@H]2O[C@H](CC(=O)Nc3nc(-c4ccc(Cl)cc4)c(CCCC(=O)O)s3)C(=O)N(CC(C)(C)CO)c3ccc(Cl)cc32)c1OC. The van der Waals surface area contributed by atoms with E-state index >= 15 is 0 Å². The number of hydrogen-bond donors (Lipinski definition) is 3. The molecule has 0 spiro atoms. The van der Waals surface area contributed by atoms with Crippen molar-refractivity contribution in [2.24, 2.45) is 5.41 Å². The lowest BCUT2D eigenvalue weighted by atomic mass is 9.92. The van der Waals surface area contributed by atoms with Gasteiger partial charge in [0.1, 0.15) is 12.2 Å². The highest BCUT2D eigenvalue weighted by atomic mass is 35.5. The number of thiazole rings is 1. The monoisotopic (exact) mass is 755 g/mol. The van der Waals surface area contributed by atoms with Gasteiger partial charge in [-0.2, -0.15) is 0 Å². The van der Waals surface area contributed by atoms with Gasteiger partial charge in [0.25, 0.3) is 5.91 Å². The number of aryl methyl sites for hydroxylation is 1.